The molecule has 0 spiro atoms. The van der Waals surface area contributed by atoms with E-state index >= 15 is 0 Å². The second-order valence-corrected chi connectivity index (χ2v) is 10.7. The Morgan fingerprint density at radius 3 is 2.33 bits per heavy atom. The predicted molar refractivity (Wildman–Crippen MR) is 153 cm³/mol. The van der Waals surface area contributed by atoms with E-state index < -0.39 is 17.6 Å². The van der Waals surface area contributed by atoms with Gasteiger partial charge < -0.3 is 14.8 Å². The van der Waals surface area contributed by atoms with Gasteiger partial charge in [0.15, 0.2) is 5.54 Å². The number of nitrogens with one attached hydrogen (secondary N) is 1. The summed E-state index contributed by atoms with van der Waals surface area (Å²) in [6.45, 7) is 9.52. The number of ether oxygens (including phenoxy) is 2. The molecule has 1 aliphatic rings. The van der Waals surface area contributed by atoms with Gasteiger partial charge in [0.1, 0.15) is 6.61 Å². The highest BCUT2D eigenvalue weighted by atomic mass is 16.6. The molecule has 39 heavy (non-hydrogen) atoms. The summed E-state index contributed by atoms with van der Waals surface area (Å²) < 4.78 is 11.0. The molecule has 0 saturated heterocycles. The zero-order chi connectivity index (χ0) is 28.0. The molecule has 0 radical (unpaired) electrons. The molecule has 1 heterocycles. The molecule has 4 rings (SSSR count). The van der Waals surface area contributed by atoms with Gasteiger partial charge >= 0.3 is 12.1 Å². The first kappa shape index (κ1) is 27.7. The maximum absolute atomic E-state index is 13.3. The van der Waals surface area contributed by atoms with E-state index in [-0.39, 0.29) is 18.1 Å². The van der Waals surface area contributed by atoms with E-state index in [0.717, 1.165) is 28.1 Å². The number of carbonyl (C=O) groups excluding carboxylic acids is 2. The van der Waals surface area contributed by atoms with E-state index in [4.69, 9.17) is 14.5 Å². The number of nitrogens with zero attached hydrogens (tertiary/aromatic N) is 1. The second-order valence-electron chi connectivity index (χ2n) is 10.7. The smallest absolute Gasteiger partial charge is 0.408 e. The Morgan fingerprint density at radius 1 is 1.00 bits per heavy atom. The van der Waals surface area contributed by atoms with Crippen LogP contribution in [0.25, 0.3) is 0 Å². The standard InChI is InChI=1S/C33H34N2O4/c1-23(2)39-30(36)33(5,35-31(37)38-22-25-14-10-7-11-15-25)26-17-19-29-28(20-26)32(3,4)21-27(34-29)18-16-24-12-8-6-9-13-24/h6-15,17,19-20,23H,21-22H2,1-5H3,(H,35,37)/t33-/m1/s1. The molecule has 0 aliphatic carbocycles. The Kier molecular flexibility index (Phi) is 8.21. The van der Waals surface area contributed by atoms with Crippen molar-refractivity contribution in [2.24, 2.45) is 4.99 Å². The van der Waals surface area contributed by atoms with Gasteiger partial charge in [-0.2, -0.15) is 0 Å². The fraction of sp³-hybridized carbons (Fsp3) is 0.303. The Balaban J connectivity index is 1.64. The van der Waals surface area contributed by atoms with Gasteiger partial charge in [-0.1, -0.05) is 80.4 Å². The molecule has 1 N–H and O–H groups in total. The molecular weight excluding hydrogens is 488 g/mol. The minimum absolute atomic E-state index is 0.0840. The lowest BCUT2D eigenvalue weighted by molar-refractivity contribution is -0.155. The fourth-order valence-electron chi connectivity index (χ4n) is 4.46. The molecule has 3 aromatic carbocycles. The molecule has 0 aromatic heterocycles. The van der Waals surface area contributed by atoms with Crippen LogP contribution in [0.1, 0.15) is 63.3 Å². The first-order valence-electron chi connectivity index (χ1n) is 13.1. The largest absolute Gasteiger partial charge is 0.461 e. The number of esters is 1. The van der Waals surface area contributed by atoms with Crippen molar-refractivity contribution in [1.82, 2.24) is 5.32 Å². The highest BCUT2D eigenvalue weighted by molar-refractivity contribution is 6.04. The van der Waals surface area contributed by atoms with Crippen LogP contribution in [0, 0.1) is 11.8 Å². The average molecular weight is 523 g/mol. The van der Waals surface area contributed by atoms with Crippen molar-refractivity contribution < 1.29 is 19.1 Å². The van der Waals surface area contributed by atoms with E-state index in [0.29, 0.717) is 12.0 Å². The molecule has 3 aromatic rings. The van der Waals surface area contributed by atoms with Crippen LogP contribution in [0.2, 0.25) is 0 Å². The van der Waals surface area contributed by atoms with Crippen molar-refractivity contribution in [2.75, 3.05) is 0 Å². The quantitative estimate of drug-likeness (QED) is 0.293. The van der Waals surface area contributed by atoms with Crippen LogP contribution in [0.4, 0.5) is 10.5 Å². The van der Waals surface area contributed by atoms with Crippen molar-refractivity contribution in [1.29, 1.82) is 0 Å². The van der Waals surface area contributed by atoms with Crippen molar-refractivity contribution >= 4 is 23.5 Å². The Morgan fingerprint density at radius 2 is 1.67 bits per heavy atom. The first-order valence-corrected chi connectivity index (χ1v) is 13.1. The van der Waals surface area contributed by atoms with Crippen molar-refractivity contribution in [3.8, 4) is 11.8 Å². The van der Waals surface area contributed by atoms with Gasteiger partial charge in [-0.05, 0) is 67.0 Å². The summed E-state index contributed by atoms with van der Waals surface area (Å²) in [6.07, 6.45) is -0.429. The summed E-state index contributed by atoms with van der Waals surface area (Å²) >= 11 is 0. The number of rotatable bonds is 6. The predicted octanol–water partition coefficient (Wildman–Crippen LogP) is 6.59. The molecule has 1 aliphatic heterocycles. The number of alkyl carbamates (subject to hydrolysis) is 1. The monoisotopic (exact) mass is 522 g/mol. The highest BCUT2D eigenvalue weighted by Crippen LogP contribution is 2.41. The minimum atomic E-state index is -1.47. The van der Waals surface area contributed by atoms with E-state index in [1.165, 1.54) is 0 Å². The van der Waals surface area contributed by atoms with E-state index in [9.17, 15) is 9.59 Å². The third kappa shape index (κ3) is 6.74. The summed E-state index contributed by atoms with van der Waals surface area (Å²) in [5.41, 5.74) is 3.15. The van der Waals surface area contributed by atoms with Gasteiger partial charge in [-0.25, -0.2) is 14.6 Å². The molecule has 0 bridgehead atoms. The Hall–Kier alpha value is -4.37. The lowest BCUT2D eigenvalue weighted by atomic mass is 9.75. The third-order valence-corrected chi connectivity index (χ3v) is 6.61. The number of hydrogen-bond donors (Lipinski definition) is 1. The lowest BCUT2D eigenvalue weighted by Crippen LogP contribution is -2.51. The number of fused-ring (bicyclic) bond motifs is 1. The first-order chi connectivity index (χ1) is 18.6. The van der Waals surface area contributed by atoms with Gasteiger partial charge in [-0.3, -0.25) is 0 Å². The maximum Gasteiger partial charge on any atom is 0.408 e. The van der Waals surface area contributed by atoms with Crippen LogP contribution in [0.5, 0.6) is 0 Å². The zero-order valence-corrected chi connectivity index (χ0v) is 23.1. The Labute approximate surface area is 230 Å². The molecule has 0 unspecified atom stereocenters. The van der Waals surface area contributed by atoms with E-state index in [2.05, 4.69) is 31.0 Å². The van der Waals surface area contributed by atoms with Crippen molar-refractivity contribution in [3.05, 3.63) is 101 Å². The fourth-order valence-corrected chi connectivity index (χ4v) is 4.46. The van der Waals surface area contributed by atoms with Crippen molar-refractivity contribution in [3.63, 3.8) is 0 Å². The molecular formula is C33H34N2O4. The molecule has 0 saturated carbocycles. The zero-order valence-electron chi connectivity index (χ0n) is 23.1. The normalized spacial score (nSPS) is 15.1. The number of carbonyl (C=O) groups is 2. The molecule has 200 valence electrons. The van der Waals surface area contributed by atoms with Gasteiger partial charge in [0, 0.05) is 12.0 Å². The molecule has 0 fully saturated rings. The van der Waals surface area contributed by atoms with Gasteiger partial charge in [0.25, 0.3) is 0 Å². The van der Waals surface area contributed by atoms with Crippen LogP contribution >= 0.6 is 0 Å². The summed E-state index contributed by atoms with van der Waals surface area (Å²) in [7, 11) is 0. The van der Waals surface area contributed by atoms with Crippen LogP contribution in [0.15, 0.2) is 83.9 Å². The third-order valence-electron chi connectivity index (χ3n) is 6.61. The summed E-state index contributed by atoms with van der Waals surface area (Å²) in [4.78, 5) is 31.0. The number of amides is 1. The lowest BCUT2D eigenvalue weighted by Gasteiger charge is -2.34. The Bertz CT molecular complexity index is 1430. The summed E-state index contributed by atoms with van der Waals surface area (Å²) in [6, 6.07) is 24.8. The number of hydrogen-bond acceptors (Lipinski definition) is 5. The van der Waals surface area contributed by atoms with E-state index in [1.807, 2.05) is 72.8 Å². The summed E-state index contributed by atoms with van der Waals surface area (Å²) in [5, 5.41) is 2.77. The highest BCUT2D eigenvalue weighted by Gasteiger charge is 2.41. The van der Waals surface area contributed by atoms with Crippen molar-refractivity contribution in [2.45, 2.75) is 64.7 Å². The maximum atomic E-state index is 13.3. The number of aliphatic imine (C=N–C) groups is 1. The van der Waals surface area contributed by atoms with E-state index in [1.54, 1.807) is 26.8 Å². The van der Waals surface area contributed by atoms with Gasteiger partial charge in [-0.15, -0.1) is 0 Å². The average Bonchev–Trinajstić information content (AvgIpc) is 2.91. The van der Waals surface area contributed by atoms with Crippen LogP contribution in [-0.4, -0.2) is 23.9 Å². The molecule has 6 heteroatoms. The number of benzene rings is 3. The SMILES string of the molecule is CC(C)OC(=O)[C@](C)(NC(=O)OCc1ccccc1)c1ccc2c(c1)C(C)(C)CC(C#Cc1ccccc1)=N2. The van der Waals surface area contributed by atoms with Gasteiger partial charge in [0.05, 0.1) is 17.5 Å². The van der Waals surface area contributed by atoms with Crippen LogP contribution in [-0.2, 0) is 31.8 Å². The van der Waals surface area contributed by atoms with Crippen LogP contribution in [0.3, 0.4) is 0 Å². The molecule has 1 amide bonds. The summed E-state index contributed by atoms with van der Waals surface area (Å²) in [5.74, 6) is 5.85. The minimum Gasteiger partial charge on any atom is -0.461 e. The van der Waals surface area contributed by atoms with Gasteiger partial charge in [0.2, 0.25) is 0 Å². The molecule has 1 atom stereocenters. The topological polar surface area (TPSA) is 77.0 Å². The second kappa shape index (κ2) is 11.6. The molecule has 6 nitrogen and oxygen atoms in total. The van der Waals surface area contributed by atoms with Crippen LogP contribution < -0.4 is 5.32 Å².